The highest BCUT2D eigenvalue weighted by Gasteiger charge is 2.22. The number of hydrogen-bond donors (Lipinski definition) is 0. The highest BCUT2D eigenvalue weighted by atomic mass is 14.7. The second-order valence-corrected chi connectivity index (χ2v) is 4.49. The van der Waals surface area contributed by atoms with Crippen LogP contribution in [0.5, 0.6) is 0 Å². The van der Waals surface area contributed by atoms with E-state index in [4.69, 9.17) is 0 Å². The third-order valence-corrected chi connectivity index (χ3v) is 3.71. The molecule has 1 nitrogen and oxygen atoms in total. The quantitative estimate of drug-likeness (QED) is 0.553. The van der Waals surface area contributed by atoms with Crippen LogP contribution in [0.1, 0.15) is 39.5 Å². The summed E-state index contributed by atoms with van der Waals surface area (Å²) in [6, 6.07) is 0. The van der Waals surface area contributed by atoms with Crippen molar-refractivity contribution in [2.45, 2.75) is 39.5 Å². The second-order valence-electron chi connectivity index (χ2n) is 4.49. The van der Waals surface area contributed by atoms with Crippen LogP contribution < -0.4 is 0 Å². The van der Waals surface area contributed by atoms with Gasteiger partial charge in [0.25, 0.3) is 0 Å². The van der Waals surface area contributed by atoms with Gasteiger partial charge in [-0.15, -0.1) is 0 Å². The minimum Gasteiger partial charge on any atom is -0.293 e. The van der Waals surface area contributed by atoms with Crippen molar-refractivity contribution in [2.75, 3.05) is 7.05 Å². The van der Waals surface area contributed by atoms with E-state index in [0.29, 0.717) is 0 Å². The molecule has 0 aromatic heterocycles. The van der Waals surface area contributed by atoms with Crippen molar-refractivity contribution < 1.29 is 0 Å². The Hall–Kier alpha value is -0.850. The third-order valence-electron chi connectivity index (χ3n) is 3.71. The summed E-state index contributed by atoms with van der Waals surface area (Å²) < 4.78 is 0. The molecule has 0 aromatic rings. The average molecular weight is 189 g/mol. The third kappa shape index (κ3) is 1.56. The normalized spacial score (nSPS) is 30.4. The first-order valence-corrected chi connectivity index (χ1v) is 5.58. The van der Waals surface area contributed by atoms with Crippen LogP contribution >= 0.6 is 0 Å². The first-order valence-electron chi connectivity index (χ1n) is 5.58. The van der Waals surface area contributed by atoms with Crippen LogP contribution in [0.25, 0.3) is 0 Å². The lowest BCUT2D eigenvalue weighted by Crippen LogP contribution is -2.15. The van der Waals surface area contributed by atoms with E-state index in [-0.39, 0.29) is 0 Å². The molecule has 0 spiro atoms. The summed E-state index contributed by atoms with van der Waals surface area (Å²) in [5, 5.41) is 0. The fourth-order valence-electron chi connectivity index (χ4n) is 2.51. The molecule has 1 unspecified atom stereocenters. The van der Waals surface area contributed by atoms with E-state index in [1.807, 2.05) is 7.05 Å². The molecule has 0 heterocycles. The van der Waals surface area contributed by atoms with Gasteiger partial charge in [-0.1, -0.05) is 12.5 Å². The molecule has 0 bridgehead atoms. The molecule has 0 fully saturated rings. The smallest absolute Gasteiger partial charge is 0.0351 e. The molecule has 0 saturated heterocycles. The molecule has 0 N–H and O–H groups in total. The van der Waals surface area contributed by atoms with Crippen molar-refractivity contribution >= 4 is 5.71 Å². The Bertz CT molecular complexity index is 331. The molecule has 2 aliphatic rings. The van der Waals surface area contributed by atoms with Gasteiger partial charge in [0.1, 0.15) is 0 Å². The Labute approximate surface area is 86.6 Å². The highest BCUT2D eigenvalue weighted by molar-refractivity contribution is 5.97. The van der Waals surface area contributed by atoms with Crippen LogP contribution in [0.3, 0.4) is 0 Å². The zero-order valence-electron chi connectivity index (χ0n) is 9.43. The predicted molar refractivity (Wildman–Crippen MR) is 61.8 cm³/mol. The van der Waals surface area contributed by atoms with E-state index in [0.717, 1.165) is 12.3 Å². The monoisotopic (exact) mass is 189 g/mol. The molecule has 0 amide bonds. The van der Waals surface area contributed by atoms with Crippen molar-refractivity contribution in [3.8, 4) is 0 Å². The minimum absolute atomic E-state index is 0.794. The number of aliphatic imine (C=N–C) groups is 1. The van der Waals surface area contributed by atoms with Crippen LogP contribution in [0.4, 0.5) is 0 Å². The van der Waals surface area contributed by atoms with E-state index in [2.05, 4.69) is 24.9 Å². The summed E-state index contributed by atoms with van der Waals surface area (Å²) in [5.41, 5.74) is 6.10. The molecule has 0 saturated carbocycles. The lowest BCUT2D eigenvalue weighted by molar-refractivity contribution is 0.574. The van der Waals surface area contributed by atoms with E-state index in [1.165, 1.54) is 25.0 Å². The van der Waals surface area contributed by atoms with E-state index in [1.54, 1.807) is 16.7 Å². The van der Waals surface area contributed by atoms with Gasteiger partial charge in [-0.05, 0) is 55.7 Å². The zero-order valence-corrected chi connectivity index (χ0v) is 9.43. The van der Waals surface area contributed by atoms with Crippen LogP contribution in [0.2, 0.25) is 0 Å². The van der Waals surface area contributed by atoms with Crippen molar-refractivity contribution in [2.24, 2.45) is 10.9 Å². The summed E-state index contributed by atoms with van der Waals surface area (Å²) in [6.07, 6.45) is 7.24. The number of rotatable bonds is 0. The molecule has 2 aliphatic carbocycles. The first kappa shape index (κ1) is 9.70. The molecule has 76 valence electrons. The van der Waals surface area contributed by atoms with Crippen LogP contribution in [-0.2, 0) is 0 Å². The molecule has 1 atom stereocenters. The topological polar surface area (TPSA) is 12.4 Å². The standard InChI is InChI=1S/C13H19N/c1-9-4-5-11-8-12(14-3)6-7-13(11)10(9)2/h8-9H,4-7H2,1-3H3. The van der Waals surface area contributed by atoms with Crippen LogP contribution in [-0.4, -0.2) is 12.8 Å². The van der Waals surface area contributed by atoms with E-state index < -0.39 is 0 Å². The number of allylic oxidation sites excluding steroid dienone is 4. The number of nitrogens with zero attached hydrogens (tertiary/aromatic N) is 1. The van der Waals surface area contributed by atoms with Gasteiger partial charge >= 0.3 is 0 Å². The molecule has 2 rings (SSSR count). The summed E-state index contributed by atoms with van der Waals surface area (Å²) in [6.45, 7) is 4.66. The molecule has 0 aromatic carbocycles. The first-order chi connectivity index (χ1) is 6.72. The van der Waals surface area contributed by atoms with Gasteiger partial charge in [0.15, 0.2) is 0 Å². The maximum atomic E-state index is 4.30. The van der Waals surface area contributed by atoms with Gasteiger partial charge in [0.2, 0.25) is 0 Å². The maximum Gasteiger partial charge on any atom is 0.0351 e. The van der Waals surface area contributed by atoms with Crippen LogP contribution in [0.15, 0.2) is 27.8 Å². The van der Waals surface area contributed by atoms with Gasteiger partial charge in [-0.25, -0.2) is 0 Å². The summed E-state index contributed by atoms with van der Waals surface area (Å²) in [7, 11) is 1.90. The van der Waals surface area contributed by atoms with Crippen molar-refractivity contribution in [3.63, 3.8) is 0 Å². The Morgan fingerprint density at radius 3 is 2.79 bits per heavy atom. The highest BCUT2D eigenvalue weighted by Crippen LogP contribution is 2.38. The molecule has 0 aliphatic heterocycles. The Morgan fingerprint density at radius 2 is 2.07 bits per heavy atom. The van der Waals surface area contributed by atoms with E-state index >= 15 is 0 Å². The van der Waals surface area contributed by atoms with Crippen LogP contribution in [0, 0.1) is 5.92 Å². The summed E-state index contributed by atoms with van der Waals surface area (Å²) >= 11 is 0. The van der Waals surface area contributed by atoms with Gasteiger partial charge < -0.3 is 0 Å². The molecule has 1 heteroatoms. The Morgan fingerprint density at radius 1 is 1.29 bits per heavy atom. The summed E-state index contributed by atoms with van der Waals surface area (Å²) in [5.74, 6) is 0.794. The Kier molecular flexibility index (Phi) is 2.58. The molecule has 0 radical (unpaired) electrons. The largest absolute Gasteiger partial charge is 0.293 e. The Balaban J connectivity index is 2.39. The van der Waals surface area contributed by atoms with Crippen molar-refractivity contribution in [1.29, 1.82) is 0 Å². The average Bonchev–Trinajstić information content (AvgIpc) is 2.23. The maximum absolute atomic E-state index is 4.30. The number of fused-ring (bicyclic) bond motifs is 1. The predicted octanol–water partition coefficient (Wildman–Crippen LogP) is 3.52. The molecule has 14 heavy (non-hydrogen) atoms. The zero-order chi connectivity index (χ0) is 10.1. The van der Waals surface area contributed by atoms with Crippen molar-refractivity contribution in [1.82, 2.24) is 0 Å². The van der Waals surface area contributed by atoms with Gasteiger partial charge in [0, 0.05) is 12.8 Å². The fourth-order valence-corrected chi connectivity index (χ4v) is 2.51. The summed E-state index contributed by atoms with van der Waals surface area (Å²) in [4.78, 5) is 4.30. The minimum atomic E-state index is 0.794. The van der Waals surface area contributed by atoms with Crippen molar-refractivity contribution in [3.05, 3.63) is 22.8 Å². The fraction of sp³-hybridized carbons (Fsp3) is 0.615. The number of hydrogen-bond acceptors (Lipinski definition) is 1. The van der Waals surface area contributed by atoms with Gasteiger partial charge in [-0.3, -0.25) is 4.99 Å². The SMILES string of the molecule is CN=C1C=C2CCC(C)C(C)=C2CC1. The van der Waals surface area contributed by atoms with E-state index in [9.17, 15) is 0 Å². The molecular weight excluding hydrogens is 170 g/mol. The van der Waals surface area contributed by atoms with Gasteiger partial charge in [-0.2, -0.15) is 0 Å². The molecular formula is C13H19N. The second kappa shape index (κ2) is 3.72. The lowest BCUT2D eigenvalue weighted by Gasteiger charge is -2.29. The van der Waals surface area contributed by atoms with Gasteiger partial charge in [0.05, 0.1) is 0 Å². The lowest BCUT2D eigenvalue weighted by atomic mass is 9.77.